The number of hydrogen-bond acceptors (Lipinski definition) is 3. The van der Waals surface area contributed by atoms with E-state index in [1.807, 2.05) is 25.1 Å². The molecule has 0 spiro atoms. The quantitative estimate of drug-likeness (QED) is 0.607. The highest BCUT2D eigenvalue weighted by molar-refractivity contribution is 7.91. The molecule has 1 aliphatic rings. The number of rotatable bonds is 6. The zero-order valence-corrected chi connectivity index (χ0v) is 15.7. The maximum atomic E-state index is 11.6. The van der Waals surface area contributed by atoms with Crippen LogP contribution in [-0.2, 0) is 15.3 Å². The van der Waals surface area contributed by atoms with Crippen LogP contribution in [0.15, 0.2) is 35.3 Å². The van der Waals surface area contributed by atoms with Gasteiger partial charge in [0, 0.05) is 18.5 Å². The van der Waals surface area contributed by atoms with E-state index in [1.54, 1.807) is 0 Å². The number of nitrogens with zero attached hydrogens (tertiary/aromatic N) is 1. The molecule has 1 aromatic carbocycles. The van der Waals surface area contributed by atoms with E-state index in [-0.39, 0.29) is 17.1 Å². The largest absolute Gasteiger partial charge is 0.357 e. The standard InChI is InChI=1S/C18H29N3O2S/c1-4-19-17(20-12-15-10-11-24(22,23)13-15)21-14-18(2,3)16-8-6-5-7-9-16/h5-9,15H,4,10-14H2,1-3H3,(H2,19,20,21). The van der Waals surface area contributed by atoms with Crippen LogP contribution in [0, 0.1) is 5.92 Å². The van der Waals surface area contributed by atoms with Gasteiger partial charge in [0.25, 0.3) is 0 Å². The lowest BCUT2D eigenvalue weighted by Gasteiger charge is -2.24. The molecule has 134 valence electrons. The van der Waals surface area contributed by atoms with Gasteiger partial charge in [-0.2, -0.15) is 0 Å². The number of guanidine groups is 1. The molecular formula is C18H29N3O2S. The minimum absolute atomic E-state index is 0.0552. The second-order valence-corrected chi connectivity index (χ2v) is 9.32. The van der Waals surface area contributed by atoms with Gasteiger partial charge in [-0.3, -0.25) is 4.99 Å². The van der Waals surface area contributed by atoms with Crippen LogP contribution in [0.2, 0.25) is 0 Å². The van der Waals surface area contributed by atoms with Gasteiger partial charge in [0.05, 0.1) is 18.1 Å². The Kier molecular flexibility index (Phi) is 6.27. The zero-order chi connectivity index (χ0) is 17.6. The molecule has 1 saturated heterocycles. The number of hydrogen-bond donors (Lipinski definition) is 2. The van der Waals surface area contributed by atoms with E-state index in [2.05, 4.69) is 36.6 Å². The highest BCUT2D eigenvalue weighted by Gasteiger charge is 2.27. The monoisotopic (exact) mass is 351 g/mol. The summed E-state index contributed by atoms with van der Waals surface area (Å²) < 4.78 is 23.1. The van der Waals surface area contributed by atoms with Gasteiger partial charge in [0.1, 0.15) is 0 Å². The molecular weight excluding hydrogens is 322 g/mol. The average Bonchev–Trinajstić information content (AvgIpc) is 2.90. The molecule has 6 heteroatoms. The molecule has 1 aliphatic heterocycles. The van der Waals surface area contributed by atoms with Gasteiger partial charge < -0.3 is 10.6 Å². The highest BCUT2D eigenvalue weighted by Crippen LogP contribution is 2.23. The fourth-order valence-electron chi connectivity index (χ4n) is 2.87. The molecule has 1 atom stereocenters. The molecule has 0 saturated carbocycles. The minimum Gasteiger partial charge on any atom is -0.357 e. The number of benzene rings is 1. The fraction of sp³-hybridized carbons (Fsp3) is 0.611. The summed E-state index contributed by atoms with van der Waals surface area (Å²) in [4.78, 5) is 4.70. The fourth-order valence-corrected chi connectivity index (χ4v) is 4.73. The Hall–Kier alpha value is -1.56. The predicted octanol–water partition coefficient (Wildman–Crippen LogP) is 1.95. The molecule has 24 heavy (non-hydrogen) atoms. The van der Waals surface area contributed by atoms with Crippen LogP contribution < -0.4 is 10.6 Å². The van der Waals surface area contributed by atoms with Gasteiger partial charge in [-0.1, -0.05) is 44.2 Å². The highest BCUT2D eigenvalue weighted by atomic mass is 32.2. The van der Waals surface area contributed by atoms with E-state index in [1.165, 1.54) is 5.56 Å². The van der Waals surface area contributed by atoms with Gasteiger partial charge in [-0.05, 0) is 24.8 Å². The van der Waals surface area contributed by atoms with Crippen molar-refractivity contribution in [2.75, 3.05) is 31.1 Å². The lowest BCUT2D eigenvalue weighted by molar-refractivity contribution is 0.532. The Bertz CT molecular complexity index is 654. The third kappa shape index (κ3) is 5.51. The first-order valence-electron chi connectivity index (χ1n) is 8.60. The van der Waals surface area contributed by atoms with Crippen molar-refractivity contribution in [1.29, 1.82) is 0 Å². The molecule has 0 radical (unpaired) electrons. The van der Waals surface area contributed by atoms with Crippen molar-refractivity contribution in [2.24, 2.45) is 10.9 Å². The lowest BCUT2D eigenvalue weighted by atomic mass is 9.85. The summed E-state index contributed by atoms with van der Waals surface area (Å²) in [5, 5.41) is 6.54. The summed E-state index contributed by atoms with van der Waals surface area (Å²) in [6, 6.07) is 10.4. The second-order valence-electron chi connectivity index (χ2n) is 7.10. The van der Waals surface area contributed by atoms with Gasteiger partial charge in [-0.25, -0.2) is 8.42 Å². The van der Waals surface area contributed by atoms with Crippen molar-refractivity contribution in [3.8, 4) is 0 Å². The number of aliphatic imine (C=N–C) groups is 1. The molecule has 0 amide bonds. The second kappa shape index (κ2) is 8.01. The Morgan fingerprint density at radius 1 is 1.25 bits per heavy atom. The van der Waals surface area contributed by atoms with E-state index < -0.39 is 9.84 Å². The Morgan fingerprint density at radius 3 is 2.54 bits per heavy atom. The van der Waals surface area contributed by atoms with Crippen LogP contribution in [-0.4, -0.2) is 45.5 Å². The van der Waals surface area contributed by atoms with Gasteiger partial charge in [0.15, 0.2) is 15.8 Å². The predicted molar refractivity (Wildman–Crippen MR) is 100 cm³/mol. The van der Waals surface area contributed by atoms with Crippen LogP contribution in [0.5, 0.6) is 0 Å². The summed E-state index contributed by atoms with van der Waals surface area (Å²) >= 11 is 0. The summed E-state index contributed by atoms with van der Waals surface area (Å²) in [6.45, 7) is 8.48. The van der Waals surface area contributed by atoms with E-state index in [4.69, 9.17) is 4.99 Å². The maximum absolute atomic E-state index is 11.6. The van der Waals surface area contributed by atoms with Crippen molar-refractivity contribution in [3.05, 3.63) is 35.9 Å². The number of nitrogens with one attached hydrogen (secondary N) is 2. The molecule has 2 N–H and O–H groups in total. The summed E-state index contributed by atoms with van der Waals surface area (Å²) in [5.41, 5.74) is 1.20. The molecule has 0 bridgehead atoms. The topological polar surface area (TPSA) is 70.6 Å². The molecule has 5 nitrogen and oxygen atoms in total. The van der Waals surface area contributed by atoms with Crippen LogP contribution in [0.25, 0.3) is 0 Å². The van der Waals surface area contributed by atoms with Crippen LogP contribution in [0.1, 0.15) is 32.8 Å². The summed E-state index contributed by atoms with van der Waals surface area (Å²) in [6.07, 6.45) is 0.740. The molecule has 0 aromatic heterocycles. The van der Waals surface area contributed by atoms with Gasteiger partial charge >= 0.3 is 0 Å². The van der Waals surface area contributed by atoms with Crippen LogP contribution in [0.3, 0.4) is 0 Å². The zero-order valence-electron chi connectivity index (χ0n) is 14.9. The summed E-state index contributed by atoms with van der Waals surface area (Å²) in [7, 11) is -2.83. The van der Waals surface area contributed by atoms with Crippen molar-refractivity contribution in [1.82, 2.24) is 10.6 Å². The van der Waals surface area contributed by atoms with Gasteiger partial charge in [-0.15, -0.1) is 0 Å². The lowest BCUT2D eigenvalue weighted by Crippen LogP contribution is -2.41. The first kappa shape index (κ1) is 18.8. The maximum Gasteiger partial charge on any atom is 0.191 e. The van der Waals surface area contributed by atoms with E-state index in [0.717, 1.165) is 18.9 Å². The third-order valence-corrected chi connectivity index (χ3v) is 6.25. The number of sulfone groups is 1. The molecule has 0 aliphatic carbocycles. The van der Waals surface area contributed by atoms with Crippen molar-refractivity contribution in [2.45, 2.75) is 32.6 Å². The summed E-state index contributed by atoms with van der Waals surface area (Å²) in [5.74, 6) is 1.54. The van der Waals surface area contributed by atoms with Crippen molar-refractivity contribution < 1.29 is 8.42 Å². The third-order valence-electron chi connectivity index (χ3n) is 4.42. The smallest absolute Gasteiger partial charge is 0.191 e. The molecule has 1 heterocycles. The van der Waals surface area contributed by atoms with E-state index in [9.17, 15) is 8.42 Å². The van der Waals surface area contributed by atoms with E-state index >= 15 is 0 Å². The normalized spacial score (nSPS) is 20.8. The Balaban J connectivity index is 1.95. The first-order chi connectivity index (χ1) is 11.3. The molecule has 2 rings (SSSR count). The van der Waals surface area contributed by atoms with Gasteiger partial charge in [0.2, 0.25) is 0 Å². The minimum atomic E-state index is -2.83. The molecule has 1 unspecified atom stereocenters. The Labute approximate surface area is 145 Å². The van der Waals surface area contributed by atoms with Crippen molar-refractivity contribution in [3.63, 3.8) is 0 Å². The molecule has 1 fully saturated rings. The van der Waals surface area contributed by atoms with E-state index in [0.29, 0.717) is 18.8 Å². The molecule has 1 aromatic rings. The Morgan fingerprint density at radius 2 is 1.96 bits per heavy atom. The average molecular weight is 352 g/mol. The van der Waals surface area contributed by atoms with Crippen molar-refractivity contribution >= 4 is 15.8 Å². The first-order valence-corrected chi connectivity index (χ1v) is 10.4. The van der Waals surface area contributed by atoms with Crippen LogP contribution >= 0.6 is 0 Å². The SMILES string of the molecule is CCNC(=NCC(C)(C)c1ccccc1)NCC1CCS(=O)(=O)C1. The van der Waals surface area contributed by atoms with Crippen LogP contribution in [0.4, 0.5) is 0 Å².